The molecule has 2 aromatic carbocycles. The van der Waals surface area contributed by atoms with E-state index < -0.39 is 10.0 Å². The summed E-state index contributed by atoms with van der Waals surface area (Å²) >= 11 is 0. The van der Waals surface area contributed by atoms with Crippen molar-refractivity contribution in [3.05, 3.63) is 59.9 Å². The highest BCUT2D eigenvalue weighted by Gasteiger charge is 2.23. The minimum absolute atomic E-state index is 0.117. The van der Waals surface area contributed by atoms with Crippen LogP contribution in [0.4, 0.5) is 0 Å². The van der Waals surface area contributed by atoms with Crippen LogP contribution in [0.25, 0.3) is 11.0 Å². The molecule has 30 heavy (non-hydrogen) atoms. The Kier molecular flexibility index (Phi) is 6.58. The van der Waals surface area contributed by atoms with Crippen molar-refractivity contribution in [2.45, 2.75) is 44.7 Å². The maximum atomic E-state index is 12.7. The number of amides is 1. The van der Waals surface area contributed by atoms with Gasteiger partial charge in [0.15, 0.2) is 0 Å². The van der Waals surface area contributed by atoms with Crippen LogP contribution in [0, 0.1) is 6.92 Å². The van der Waals surface area contributed by atoms with Crippen molar-refractivity contribution in [2.75, 3.05) is 13.6 Å². The molecule has 0 aliphatic heterocycles. The lowest BCUT2D eigenvalue weighted by Crippen LogP contribution is -2.33. The molecule has 0 fully saturated rings. The average molecular weight is 429 g/mol. The molecule has 3 aromatic rings. The molecule has 1 heterocycles. The molecule has 8 heteroatoms. The van der Waals surface area contributed by atoms with Gasteiger partial charge in [0.25, 0.3) is 5.91 Å². The second-order valence-corrected chi connectivity index (χ2v) is 9.55. The Hall–Kier alpha value is -2.71. The molecular formula is C22H28N4O3S. The average Bonchev–Trinajstić information content (AvgIpc) is 3.05. The van der Waals surface area contributed by atoms with Gasteiger partial charge >= 0.3 is 0 Å². The van der Waals surface area contributed by atoms with Crippen LogP contribution < -0.4 is 5.32 Å². The first-order chi connectivity index (χ1) is 14.2. The van der Waals surface area contributed by atoms with E-state index in [0.29, 0.717) is 12.1 Å². The number of sulfonamides is 1. The van der Waals surface area contributed by atoms with Crippen LogP contribution in [0.3, 0.4) is 0 Å². The SMILES string of the molecule is Cc1nc2ccccc2n1CCCNC(=O)c1cccc(S(=O)(=O)N(C)C(C)C)c1. The van der Waals surface area contributed by atoms with Gasteiger partial charge in [-0.1, -0.05) is 18.2 Å². The highest BCUT2D eigenvalue weighted by molar-refractivity contribution is 7.89. The Bertz CT molecular complexity index is 1150. The molecule has 0 bridgehead atoms. The summed E-state index contributed by atoms with van der Waals surface area (Å²) in [6.45, 7) is 6.80. The van der Waals surface area contributed by atoms with Gasteiger partial charge in [-0.25, -0.2) is 13.4 Å². The summed E-state index contributed by atoms with van der Waals surface area (Å²) in [6, 6.07) is 14.0. The van der Waals surface area contributed by atoms with E-state index in [1.165, 1.54) is 23.5 Å². The zero-order valence-corrected chi connectivity index (χ0v) is 18.6. The van der Waals surface area contributed by atoms with E-state index in [0.717, 1.165) is 29.8 Å². The predicted octanol–water partition coefficient (Wildman–Crippen LogP) is 3.19. The molecule has 0 radical (unpaired) electrons. The summed E-state index contributed by atoms with van der Waals surface area (Å²) in [5.41, 5.74) is 2.37. The lowest BCUT2D eigenvalue weighted by Gasteiger charge is -2.21. The van der Waals surface area contributed by atoms with E-state index in [2.05, 4.69) is 14.9 Å². The van der Waals surface area contributed by atoms with E-state index >= 15 is 0 Å². The quantitative estimate of drug-likeness (QED) is 0.559. The lowest BCUT2D eigenvalue weighted by atomic mass is 10.2. The number of nitrogens with one attached hydrogen (secondary N) is 1. The molecule has 160 valence electrons. The van der Waals surface area contributed by atoms with Crippen molar-refractivity contribution in [2.24, 2.45) is 0 Å². The van der Waals surface area contributed by atoms with Gasteiger partial charge in [0.05, 0.1) is 15.9 Å². The maximum Gasteiger partial charge on any atom is 0.251 e. The molecule has 3 rings (SSSR count). The number of para-hydroxylation sites is 2. The fourth-order valence-corrected chi connectivity index (χ4v) is 4.68. The van der Waals surface area contributed by atoms with Crippen molar-refractivity contribution in [3.8, 4) is 0 Å². The number of benzene rings is 2. The number of hydrogen-bond acceptors (Lipinski definition) is 4. The van der Waals surface area contributed by atoms with Gasteiger partial charge in [-0.05, 0) is 57.5 Å². The number of fused-ring (bicyclic) bond motifs is 1. The van der Waals surface area contributed by atoms with Crippen LogP contribution >= 0.6 is 0 Å². The normalized spacial score (nSPS) is 12.1. The van der Waals surface area contributed by atoms with E-state index in [9.17, 15) is 13.2 Å². The summed E-state index contributed by atoms with van der Waals surface area (Å²) < 4.78 is 28.8. The highest BCUT2D eigenvalue weighted by atomic mass is 32.2. The molecule has 0 spiro atoms. The molecule has 1 N–H and O–H groups in total. The molecule has 7 nitrogen and oxygen atoms in total. The Morgan fingerprint density at radius 2 is 1.90 bits per heavy atom. The van der Waals surface area contributed by atoms with Crippen LogP contribution in [0.5, 0.6) is 0 Å². The van der Waals surface area contributed by atoms with Crippen molar-refractivity contribution in [1.29, 1.82) is 0 Å². The summed E-state index contributed by atoms with van der Waals surface area (Å²) in [7, 11) is -2.10. The Morgan fingerprint density at radius 3 is 2.63 bits per heavy atom. The zero-order chi connectivity index (χ0) is 21.9. The first kappa shape index (κ1) is 22.0. The molecule has 0 aliphatic carbocycles. The topological polar surface area (TPSA) is 84.3 Å². The third kappa shape index (κ3) is 4.55. The minimum Gasteiger partial charge on any atom is -0.352 e. The van der Waals surface area contributed by atoms with Gasteiger partial charge in [-0.15, -0.1) is 0 Å². The number of aryl methyl sites for hydroxylation is 2. The maximum absolute atomic E-state index is 12.7. The molecule has 1 amide bonds. The number of carbonyl (C=O) groups excluding carboxylic acids is 1. The lowest BCUT2D eigenvalue weighted by molar-refractivity contribution is 0.0952. The van der Waals surface area contributed by atoms with Crippen molar-refractivity contribution < 1.29 is 13.2 Å². The van der Waals surface area contributed by atoms with Gasteiger partial charge in [-0.2, -0.15) is 4.31 Å². The van der Waals surface area contributed by atoms with Gasteiger partial charge < -0.3 is 9.88 Å². The zero-order valence-electron chi connectivity index (χ0n) is 17.8. The van der Waals surface area contributed by atoms with E-state index in [4.69, 9.17) is 0 Å². The van der Waals surface area contributed by atoms with E-state index in [1.54, 1.807) is 26.0 Å². The van der Waals surface area contributed by atoms with Gasteiger partial charge in [0.2, 0.25) is 10.0 Å². The summed E-state index contributed by atoms with van der Waals surface area (Å²) in [5.74, 6) is 0.654. The first-order valence-electron chi connectivity index (χ1n) is 10.00. The van der Waals surface area contributed by atoms with Crippen LogP contribution in [0.1, 0.15) is 36.5 Å². The number of carbonyl (C=O) groups is 1. The molecule has 0 saturated carbocycles. The minimum atomic E-state index is -3.63. The third-order valence-electron chi connectivity index (χ3n) is 5.19. The number of imidazole rings is 1. The summed E-state index contributed by atoms with van der Waals surface area (Å²) in [5, 5.41) is 2.88. The van der Waals surface area contributed by atoms with E-state index in [1.807, 2.05) is 31.2 Å². The number of nitrogens with zero attached hydrogens (tertiary/aromatic N) is 3. The largest absolute Gasteiger partial charge is 0.352 e. The van der Waals surface area contributed by atoms with Crippen molar-refractivity contribution in [3.63, 3.8) is 0 Å². The van der Waals surface area contributed by atoms with Crippen LogP contribution in [-0.4, -0.2) is 47.8 Å². The van der Waals surface area contributed by atoms with Crippen molar-refractivity contribution in [1.82, 2.24) is 19.2 Å². The van der Waals surface area contributed by atoms with Crippen molar-refractivity contribution >= 4 is 27.0 Å². The molecule has 0 unspecified atom stereocenters. The van der Waals surface area contributed by atoms with Crippen LogP contribution in [0.15, 0.2) is 53.4 Å². The molecule has 0 atom stereocenters. The molecule has 1 aromatic heterocycles. The van der Waals surface area contributed by atoms with E-state index in [-0.39, 0.29) is 16.8 Å². The first-order valence-corrected chi connectivity index (χ1v) is 11.4. The van der Waals surface area contributed by atoms with Gasteiger partial charge in [0, 0.05) is 31.7 Å². The van der Waals surface area contributed by atoms with Gasteiger partial charge in [-0.3, -0.25) is 4.79 Å². The van der Waals surface area contributed by atoms with Crippen LogP contribution in [0.2, 0.25) is 0 Å². The fourth-order valence-electron chi connectivity index (χ4n) is 3.26. The summed E-state index contributed by atoms with van der Waals surface area (Å²) in [4.78, 5) is 17.2. The number of aromatic nitrogens is 2. The number of hydrogen-bond donors (Lipinski definition) is 1. The second kappa shape index (κ2) is 8.97. The Balaban J connectivity index is 1.62. The monoisotopic (exact) mass is 428 g/mol. The second-order valence-electron chi connectivity index (χ2n) is 7.55. The smallest absolute Gasteiger partial charge is 0.251 e. The molecule has 0 aliphatic rings. The summed E-state index contributed by atoms with van der Waals surface area (Å²) in [6.07, 6.45) is 0.737. The van der Waals surface area contributed by atoms with Gasteiger partial charge in [0.1, 0.15) is 5.82 Å². The fraction of sp³-hybridized carbons (Fsp3) is 0.364. The van der Waals surface area contributed by atoms with Crippen LogP contribution in [-0.2, 0) is 16.6 Å². The predicted molar refractivity (Wildman–Crippen MR) is 118 cm³/mol. The highest BCUT2D eigenvalue weighted by Crippen LogP contribution is 2.18. The Labute approximate surface area is 177 Å². The molecule has 0 saturated heterocycles. The molecular weight excluding hydrogens is 400 g/mol. The standard InChI is InChI=1S/C22H28N4O3S/c1-16(2)25(4)30(28,29)19-10-7-9-18(15-19)22(27)23-13-8-14-26-17(3)24-20-11-5-6-12-21(20)26/h5-7,9-12,15-16H,8,13-14H2,1-4H3,(H,23,27). The number of rotatable bonds is 8. The Morgan fingerprint density at radius 1 is 1.17 bits per heavy atom. The third-order valence-corrected chi connectivity index (χ3v) is 7.22.